The quantitative estimate of drug-likeness (QED) is 0.790. The molecule has 2 aromatic carbocycles. The van der Waals surface area contributed by atoms with Gasteiger partial charge >= 0.3 is 0 Å². The molecule has 0 unspecified atom stereocenters. The molecule has 2 heterocycles. The molecule has 2 aliphatic heterocycles. The third-order valence-corrected chi connectivity index (χ3v) is 5.99. The summed E-state index contributed by atoms with van der Waals surface area (Å²) in [5.41, 5.74) is 2.39. The molecule has 2 fully saturated rings. The summed E-state index contributed by atoms with van der Waals surface area (Å²) in [5.74, 6) is 0.0331. The summed E-state index contributed by atoms with van der Waals surface area (Å²) in [4.78, 5) is 19.4. The van der Waals surface area contributed by atoms with Crippen LogP contribution in [0.2, 0.25) is 0 Å². The smallest absolute Gasteiger partial charge is 0.223 e. The highest BCUT2D eigenvalue weighted by Crippen LogP contribution is 2.31. The Balaban J connectivity index is 1.26. The van der Waals surface area contributed by atoms with Crippen LogP contribution in [0.1, 0.15) is 30.9 Å². The lowest BCUT2D eigenvalue weighted by atomic mass is 10.0. The second-order valence-electron chi connectivity index (χ2n) is 7.70. The Hall–Kier alpha value is -2.40. The average molecular weight is 381 g/mol. The number of hydrogen-bond donors (Lipinski definition) is 0. The van der Waals surface area contributed by atoms with Gasteiger partial charge in [-0.15, -0.1) is 0 Å². The van der Waals surface area contributed by atoms with Crippen LogP contribution in [0.4, 0.5) is 10.1 Å². The second kappa shape index (κ2) is 8.74. The normalized spacial score (nSPS) is 20.5. The number of amides is 1. The molecular formula is C23H28FN3O. The molecule has 0 N–H and O–H groups in total. The zero-order valence-corrected chi connectivity index (χ0v) is 16.3. The molecular weight excluding hydrogens is 353 g/mol. The van der Waals surface area contributed by atoms with Crippen LogP contribution in [0.25, 0.3) is 0 Å². The van der Waals surface area contributed by atoms with E-state index in [1.54, 1.807) is 0 Å². The Morgan fingerprint density at radius 1 is 0.929 bits per heavy atom. The van der Waals surface area contributed by atoms with Crippen molar-refractivity contribution in [3.63, 3.8) is 0 Å². The standard InChI is InChI=1S/C23H28FN3O/c24-20-8-10-21(11-9-20)25-15-17-27(18-16-25)23(28)12-14-26-13-4-7-22(26)19-5-2-1-3-6-19/h1-3,5-6,8-11,22H,4,7,12-18H2/t22-/m1/s1. The van der Waals surface area contributed by atoms with Crippen molar-refractivity contribution in [2.45, 2.75) is 25.3 Å². The van der Waals surface area contributed by atoms with E-state index in [1.165, 1.54) is 30.5 Å². The minimum absolute atomic E-state index is 0.215. The Bertz CT molecular complexity index is 772. The fraction of sp³-hybridized carbons (Fsp3) is 0.435. The maximum absolute atomic E-state index is 13.1. The van der Waals surface area contributed by atoms with Gasteiger partial charge in [0.1, 0.15) is 5.82 Å². The van der Waals surface area contributed by atoms with Crippen molar-refractivity contribution >= 4 is 11.6 Å². The van der Waals surface area contributed by atoms with Gasteiger partial charge in [-0.1, -0.05) is 30.3 Å². The van der Waals surface area contributed by atoms with Crippen molar-refractivity contribution in [1.29, 1.82) is 0 Å². The maximum atomic E-state index is 13.1. The molecule has 1 amide bonds. The van der Waals surface area contributed by atoms with Crippen LogP contribution >= 0.6 is 0 Å². The molecule has 0 aromatic heterocycles. The molecule has 2 saturated heterocycles. The van der Waals surface area contributed by atoms with E-state index in [-0.39, 0.29) is 11.7 Å². The monoisotopic (exact) mass is 381 g/mol. The molecule has 4 nitrogen and oxygen atoms in total. The van der Waals surface area contributed by atoms with Gasteiger partial charge in [0.25, 0.3) is 0 Å². The minimum Gasteiger partial charge on any atom is -0.368 e. The number of anilines is 1. The molecule has 0 spiro atoms. The lowest BCUT2D eigenvalue weighted by molar-refractivity contribution is -0.131. The van der Waals surface area contributed by atoms with Gasteiger partial charge in [-0.05, 0) is 49.2 Å². The van der Waals surface area contributed by atoms with Crippen LogP contribution in [0, 0.1) is 5.82 Å². The summed E-state index contributed by atoms with van der Waals surface area (Å²) in [6.07, 6.45) is 2.96. The average Bonchev–Trinajstić information content (AvgIpc) is 3.22. The summed E-state index contributed by atoms with van der Waals surface area (Å²) in [6.45, 7) is 4.97. The molecule has 4 rings (SSSR count). The Morgan fingerprint density at radius 3 is 2.36 bits per heavy atom. The molecule has 2 aliphatic rings. The van der Waals surface area contributed by atoms with Crippen LogP contribution in [-0.2, 0) is 4.79 Å². The van der Waals surface area contributed by atoms with Crippen LogP contribution in [0.15, 0.2) is 54.6 Å². The van der Waals surface area contributed by atoms with Gasteiger partial charge in [0.2, 0.25) is 5.91 Å². The number of halogens is 1. The van der Waals surface area contributed by atoms with Crippen molar-refractivity contribution in [2.24, 2.45) is 0 Å². The van der Waals surface area contributed by atoms with E-state index in [2.05, 4.69) is 40.1 Å². The molecule has 0 saturated carbocycles. The fourth-order valence-electron chi connectivity index (χ4n) is 4.41. The first-order chi connectivity index (χ1) is 13.7. The second-order valence-corrected chi connectivity index (χ2v) is 7.70. The highest BCUT2D eigenvalue weighted by Gasteiger charge is 2.27. The summed E-state index contributed by atoms with van der Waals surface area (Å²) in [6, 6.07) is 17.7. The first kappa shape index (κ1) is 18.9. The third-order valence-electron chi connectivity index (χ3n) is 5.99. The van der Waals surface area contributed by atoms with Gasteiger partial charge in [0.05, 0.1) is 0 Å². The van der Waals surface area contributed by atoms with E-state index >= 15 is 0 Å². The topological polar surface area (TPSA) is 26.8 Å². The number of rotatable bonds is 5. The van der Waals surface area contributed by atoms with Crippen LogP contribution in [0.3, 0.4) is 0 Å². The number of hydrogen-bond acceptors (Lipinski definition) is 3. The molecule has 28 heavy (non-hydrogen) atoms. The third kappa shape index (κ3) is 4.36. The Labute approximate surface area is 166 Å². The molecule has 0 aliphatic carbocycles. The van der Waals surface area contributed by atoms with E-state index in [1.807, 2.05) is 17.0 Å². The van der Waals surface area contributed by atoms with Crippen molar-refractivity contribution in [2.75, 3.05) is 44.2 Å². The molecule has 2 aromatic rings. The zero-order chi connectivity index (χ0) is 19.3. The molecule has 5 heteroatoms. The maximum Gasteiger partial charge on any atom is 0.223 e. The number of likely N-dealkylation sites (tertiary alicyclic amines) is 1. The van der Waals surface area contributed by atoms with Gasteiger partial charge in [-0.2, -0.15) is 0 Å². The van der Waals surface area contributed by atoms with E-state index in [0.717, 1.165) is 45.0 Å². The summed E-state index contributed by atoms with van der Waals surface area (Å²) >= 11 is 0. The SMILES string of the molecule is O=C(CCN1CCC[C@@H]1c1ccccc1)N1CCN(c2ccc(F)cc2)CC1. The van der Waals surface area contributed by atoms with Crippen LogP contribution in [-0.4, -0.2) is 55.0 Å². The first-order valence-electron chi connectivity index (χ1n) is 10.3. The van der Waals surface area contributed by atoms with Crippen LogP contribution < -0.4 is 4.90 Å². The fourth-order valence-corrected chi connectivity index (χ4v) is 4.41. The lowest BCUT2D eigenvalue weighted by Gasteiger charge is -2.36. The Kier molecular flexibility index (Phi) is 5.91. The largest absolute Gasteiger partial charge is 0.368 e. The van der Waals surface area contributed by atoms with Crippen LogP contribution in [0.5, 0.6) is 0 Å². The number of carbonyl (C=O) groups is 1. The summed E-state index contributed by atoms with van der Waals surface area (Å²) in [5, 5.41) is 0. The van der Waals surface area contributed by atoms with Gasteiger partial charge in [-0.3, -0.25) is 9.69 Å². The summed E-state index contributed by atoms with van der Waals surface area (Å²) < 4.78 is 13.1. The van der Waals surface area contributed by atoms with Gasteiger partial charge in [-0.25, -0.2) is 4.39 Å². The van der Waals surface area contributed by atoms with E-state index in [0.29, 0.717) is 12.5 Å². The molecule has 1 atom stereocenters. The number of nitrogens with zero attached hydrogens (tertiary/aromatic N) is 3. The van der Waals surface area contributed by atoms with Crippen molar-refractivity contribution in [3.8, 4) is 0 Å². The first-order valence-corrected chi connectivity index (χ1v) is 10.3. The van der Waals surface area contributed by atoms with Crippen molar-refractivity contribution in [1.82, 2.24) is 9.80 Å². The highest BCUT2D eigenvalue weighted by atomic mass is 19.1. The lowest BCUT2D eigenvalue weighted by Crippen LogP contribution is -2.49. The predicted molar refractivity (Wildman–Crippen MR) is 110 cm³/mol. The number of benzene rings is 2. The van der Waals surface area contributed by atoms with Gasteiger partial charge < -0.3 is 9.80 Å². The van der Waals surface area contributed by atoms with E-state index in [4.69, 9.17) is 0 Å². The minimum atomic E-state index is -0.215. The number of piperazine rings is 1. The van der Waals surface area contributed by atoms with Gasteiger partial charge in [0.15, 0.2) is 0 Å². The van der Waals surface area contributed by atoms with E-state index in [9.17, 15) is 9.18 Å². The van der Waals surface area contributed by atoms with Crippen molar-refractivity contribution < 1.29 is 9.18 Å². The summed E-state index contributed by atoms with van der Waals surface area (Å²) in [7, 11) is 0. The number of carbonyl (C=O) groups excluding carboxylic acids is 1. The predicted octanol–water partition coefficient (Wildman–Crippen LogP) is 3.70. The Morgan fingerprint density at radius 2 is 1.64 bits per heavy atom. The zero-order valence-electron chi connectivity index (χ0n) is 16.3. The molecule has 148 valence electrons. The molecule has 0 radical (unpaired) electrons. The van der Waals surface area contributed by atoms with E-state index < -0.39 is 0 Å². The van der Waals surface area contributed by atoms with Crippen molar-refractivity contribution in [3.05, 3.63) is 66.0 Å². The van der Waals surface area contributed by atoms with Gasteiger partial charge in [0, 0.05) is 50.9 Å². The molecule has 0 bridgehead atoms. The highest BCUT2D eigenvalue weighted by molar-refractivity contribution is 5.76.